The van der Waals surface area contributed by atoms with E-state index in [1.54, 1.807) is 40.3 Å². The highest BCUT2D eigenvalue weighted by Crippen LogP contribution is 2.38. The van der Waals surface area contributed by atoms with E-state index >= 15 is 0 Å². The van der Waals surface area contributed by atoms with Crippen LogP contribution in [0.4, 0.5) is 20.2 Å². The molecule has 1 aliphatic rings. The number of fused-ring (bicyclic) bond motifs is 1. The summed E-state index contributed by atoms with van der Waals surface area (Å²) in [6.45, 7) is -2.39. The summed E-state index contributed by atoms with van der Waals surface area (Å²) in [6, 6.07) is 5.96. The first-order valence-corrected chi connectivity index (χ1v) is 12.7. The first kappa shape index (κ1) is 27.3. The molecular weight excluding hydrogens is 550 g/mol. The molecule has 0 spiro atoms. The zero-order valence-electron chi connectivity index (χ0n) is 21.0. The third kappa shape index (κ3) is 6.29. The summed E-state index contributed by atoms with van der Waals surface area (Å²) < 4.78 is 34.1. The van der Waals surface area contributed by atoms with Crippen LogP contribution in [0.2, 0.25) is 5.02 Å². The molecule has 0 aliphatic carbocycles. The third-order valence-corrected chi connectivity index (χ3v) is 6.65. The highest BCUT2D eigenvalue weighted by Gasteiger charge is 2.25. The van der Waals surface area contributed by atoms with Gasteiger partial charge in [0.25, 0.3) is 0 Å². The van der Waals surface area contributed by atoms with Crippen molar-refractivity contribution < 1.29 is 28.2 Å². The van der Waals surface area contributed by atoms with Crippen molar-refractivity contribution in [2.75, 3.05) is 25.0 Å². The molecule has 1 fully saturated rings. The van der Waals surface area contributed by atoms with Gasteiger partial charge in [-0.15, -0.1) is 0 Å². The Balaban J connectivity index is 1.41. The number of nitrogens with one attached hydrogen (secondary N) is 2. The second-order valence-corrected chi connectivity index (χ2v) is 9.55. The molecule has 1 aromatic carbocycles. The molecule has 3 aromatic heterocycles. The molecule has 15 heteroatoms. The van der Waals surface area contributed by atoms with E-state index in [1.165, 1.54) is 22.9 Å². The van der Waals surface area contributed by atoms with Crippen molar-refractivity contribution in [3.05, 3.63) is 54.1 Å². The highest BCUT2D eigenvalue weighted by atomic mass is 35.5. The number of ether oxygens (including phenoxy) is 1. The van der Waals surface area contributed by atoms with Gasteiger partial charge in [-0.05, 0) is 37.1 Å². The maximum atomic E-state index is 13.2. The molecule has 4 aromatic rings. The predicted molar refractivity (Wildman–Crippen MR) is 141 cm³/mol. The van der Waals surface area contributed by atoms with Crippen LogP contribution in [-0.2, 0) is 16.1 Å². The van der Waals surface area contributed by atoms with Crippen LogP contribution in [0, 0.1) is 0 Å². The maximum absolute atomic E-state index is 13.2. The number of nitrogens with zero attached hydrogens (tertiary/aromatic N) is 6. The van der Waals surface area contributed by atoms with Gasteiger partial charge in [0.2, 0.25) is 5.91 Å². The number of anilines is 2. The van der Waals surface area contributed by atoms with Crippen LogP contribution >= 0.6 is 11.6 Å². The van der Waals surface area contributed by atoms with E-state index < -0.39 is 12.6 Å². The average Bonchev–Trinajstić information content (AvgIpc) is 3.52. The number of rotatable bonds is 10. The lowest BCUT2D eigenvalue weighted by atomic mass is 10.1. The number of benzene rings is 1. The number of piperidine rings is 1. The fourth-order valence-electron chi connectivity index (χ4n) is 4.54. The minimum Gasteiger partial charge on any atom is -0.480 e. The van der Waals surface area contributed by atoms with Crippen molar-refractivity contribution in [2.24, 2.45) is 0 Å². The Bertz CT molecular complexity index is 1520. The van der Waals surface area contributed by atoms with Crippen LogP contribution in [0.5, 0.6) is 5.75 Å². The Labute approximate surface area is 231 Å². The van der Waals surface area contributed by atoms with Gasteiger partial charge in [-0.3, -0.25) is 14.3 Å². The zero-order chi connectivity index (χ0) is 28.2. The molecule has 0 saturated carbocycles. The Hall–Kier alpha value is -4.30. The molecular formula is C25H25ClF2N8O4. The number of hydrogen-bond donors (Lipinski definition) is 3. The molecule has 1 aliphatic heterocycles. The number of carbonyl (C=O) groups excluding carboxylic acids is 1. The number of carboxylic acid groups (broad SMARTS) is 1. The van der Waals surface area contributed by atoms with E-state index in [0.717, 1.165) is 0 Å². The molecule has 0 atom stereocenters. The van der Waals surface area contributed by atoms with Crippen LogP contribution in [0.25, 0.3) is 16.9 Å². The summed E-state index contributed by atoms with van der Waals surface area (Å²) in [5, 5.41) is 24.1. The van der Waals surface area contributed by atoms with Crippen molar-refractivity contribution in [3.63, 3.8) is 0 Å². The highest BCUT2D eigenvalue weighted by molar-refractivity contribution is 6.31. The predicted octanol–water partition coefficient (Wildman–Crippen LogP) is 3.26. The van der Waals surface area contributed by atoms with Crippen molar-refractivity contribution >= 4 is 40.5 Å². The van der Waals surface area contributed by atoms with Crippen LogP contribution in [0.3, 0.4) is 0 Å². The zero-order valence-corrected chi connectivity index (χ0v) is 21.8. The van der Waals surface area contributed by atoms with Gasteiger partial charge >= 0.3 is 12.6 Å². The number of carbonyl (C=O) groups is 2. The van der Waals surface area contributed by atoms with E-state index in [4.69, 9.17) is 21.4 Å². The van der Waals surface area contributed by atoms with Gasteiger partial charge < -0.3 is 25.4 Å². The minimum atomic E-state index is -3.07. The van der Waals surface area contributed by atoms with Gasteiger partial charge in [-0.2, -0.15) is 19.0 Å². The summed E-state index contributed by atoms with van der Waals surface area (Å²) >= 11 is 6.20. The Morgan fingerprint density at radius 3 is 2.77 bits per heavy atom. The summed E-state index contributed by atoms with van der Waals surface area (Å²) in [5.41, 5.74) is 1.88. The summed E-state index contributed by atoms with van der Waals surface area (Å²) in [4.78, 5) is 29.9. The van der Waals surface area contributed by atoms with Crippen molar-refractivity contribution in [2.45, 2.75) is 32.0 Å². The number of halogens is 3. The fraction of sp³-hybridized carbons (Fsp3) is 0.320. The van der Waals surface area contributed by atoms with E-state index in [9.17, 15) is 18.4 Å². The van der Waals surface area contributed by atoms with Crippen molar-refractivity contribution in [1.82, 2.24) is 34.6 Å². The molecule has 4 heterocycles. The first-order chi connectivity index (χ1) is 19.3. The van der Waals surface area contributed by atoms with Crippen molar-refractivity contribution in [1.29, 1.82) is 0 Å². The fourth-order valence-corrected chi connectivity index (χ4v) is 4.71. The summed E-state index contributed by atoms with van der Waals surface area (Å²) in [6.07, 6.45) is 7.72. The Kier molecular flexibility index (Phi) is 8.07. The second-order valence-electron chi connectivity index (χ2n) is 9.11. The number of aromatic nitrogens is 5. The van der Waals surface area contributed by atoms with E-state index in [0.29, 0.717) is 43.0 Å². The molecule has 0 radical (unpaired) electrons. The molecule has 12 nitrogen and oxygen atoms in total. The van der Waals surface area contributed by atoms with E-state index in [-0.39, 0.29) is 47.1 Å². The SMILES string of the molecule is O=C(O)CNC1CCN(C(=O)Cn2cc(Nc3cnn4cccnc34)c(-c3cc(Cl)ccc3OC(F)F)n2)CC1. The number of likely N-dealkylation sites (tertiary alicyclic amines) is 1. The van der Waals surface area contributed by atoms with Gasteiger partial charge in [0, 0.05) is 48.3 Å². The molecule has 0 bridgehead atoms. The topological polar surface area (TPSA) is 139 Å². The lowest BCUT2D eigenvalue weighted by molar-refractivity contribution is -0.137. The first-order valence-electron chi connectivity index (χ1n) is 12.4. The minimum absolute atomic E-state index is 0.0165. The lowest BCUT2D eigenvalue weighted by Gasteiger charge is -2.32. The van der Waals surface area contributed by atoms with Crippen molar-refractivity contribution in [3.8, 4) is 17.0 Å². The largest absolute Gasteiger partial charge is 0.480 e. The van der Waals surface area contributed by atoms with Gasteiger partial charge in [0.15, 0.2) is 5.65 Å². The van der Waals surface area contributed by atoms with Gasteiger partial charge in [0.05, 0.1) is 18.4 Å². The quantitative estimate of drug-likeness (QED) is 0.260. The molecule has 40 heavy (non-hydrogen) atoms. The number of hydrogen-bond acceptors (Lipinski definition) is 8. The lowest BCUT2D eigenvalue weighted by Crippen LogP contribution is -2.46. The molecule has 0 unspecified atom stereocenters. The third-order valence-electron chi connectivity index (χ3n) is 6.41. The second kappa shape index (κ2) is 11.8. The van der Waals surface area contributed by atoms with Gasteiger partial charge in [-0.25, -0.2) is 9.50 Å². The number of carboxylic acids is 1. The smallest absolute Gasteiger partial charge is 0.387 e. The van der Waals surface area contributed by atoms with Crippen LogP contribution in [0.1, 0.15) is 12.8 Å². The van der Waals surface area contributed by atoms with E-state index in [2.05, 4.69) is 25.8 Å². The van der Waals surface area contributed by atoms with Gasteiger partial charge in [0.1, 0.15) is 23.7 Å². The monoisotopic (exact) mass is 574 g/mol. The molecule has 5 rings (SSSR count). The average molecular weight is 575 g/mol. The maximum Gasteiger partial charge on any atom is 0.387 e. The number of amides is 1. The molecule has 3 N–H and O–H groups in total. The Morgan fingerprint density at radius 1 is 1.23 bits per heavy atom. The molecule has 1 saturated heterocycles. The van der Waals surface area contributed by atoms with Gasteiger partial charge in [-0.1, -0.05) is 11.6 Å². The van der Waals surface area contributed by atoms with Crippen LogP contribution in [-0.4, -0.2) is 78.5 Å². The normalized spacial score (nSPS) is 14.2. The number of alkyl halides is 2. The standard InChI is InChI=1S/C25H25ClF2N8O4/c26-15-2-3-20(40-25(27)28)17(10-15)23-19(32-18-11-31-36-7-1-6-29-24(18)36)13-35(33-23)14-21(37)34-8-4-16(5-9-34)30-12-22(38)39/h1-3,6-7,10-11,13,16,25,30,32H,4-5,8-9,12,14H2,(H,38,39). The molecule has 1 amide bonds. The number of aliphatic carboxylic acids is 1. The van der Waals surface area contributed by atoms with Crippen LogP contribution < -0.4 is 15.4 Å². The van der Waals surface area contributed by atoms with E-state index in [1.807, 2.05) is 0 Å². The Morgan fingerprint density at radius 2 is 2.02 bits per heavy atom. The summed E-state index contributed by atoms with van der Waals surface area (Å²) in [7, 11) is 0. The van der Waals surface area contributed by atoms with Crippen LogP contribution in [0.15, 0.2) is 49.1 Å². The summed E-state index contributed by atoms with van der Waals surface area (Å²) in [5.74, 6) is -1.25. The molecule has 210 valence electrons.